The molecule has 2 aliphatic rings. The van der Waals surface area contributed by atoms with Gasteiger partial charge in [0.05, 0.1) is 5.69 Å². The Morgan fingerprint density at radius 1 is 1.39 bits per heavy atom. The molecular formula is C15H21F2N3O2S. The molecule has 2 fully saturated rings. The fraction of sp³-hybridized carbons (Fsp3) is 0.733. The lowest BCUT2D eigenvalue weighted by molar-refractivity contribution is -0.215. The fourth-order valence-corrected chi connectivity index (χ4v) is 3.83. The number of aliphatic hydroxyl groups is 1. The summed E-state index contributed by atoms with van der Waals surface area (Å²) in [7, 11) is 0. The summed E-state index contributed by atoms with van der Waals surface area (Å²) in [6, 6.07) is 0. The predicted octanol–water partition coefficient (Wildman–Crippen LogP) is 1.95. The van der Waals surface area contributed by atoms with Gasteiger partial charge in [0.1, 0.15) is 5.60 Å². The Labute approximate surface area is 137 Å². The van der Waals surface area contributed by atoms with E-state index in [2.05, 4.69) is 15.2 Å². The van der Waals surface area contributed by atoms with Crippen molar-refractivity contribution in [3.8, 4) is 0 Å². The van der Waals surface area contributed by atoms with Crippen molar-refractivity contribution in [2.24, 2.45) is 0 Å². The molecule has 0 atom stereocenters. The summed E-state index contributed by atoms with van der Waals surface area (Å²) < 4.78 is 27.8. The molecule has 0 aromatic carbocycles. The van der Waals surface area contributed by atoms with Gasteiger partial charge in [-0.1, -0.05) is 0 Å². The standard InChI is InChI=1S/C15H21F2N3O2S/c16-15(17,14(22)5-3-6-14)12(21)18-7-4-11-10-23-13(19-11)20-8-1-2-9-20/h10,22H,1-9H2,(H,18,21). The summed E-state index contributed by atoms with van der Waals surface area (Å²) in [5, 5.41) is 14.8. The molecule has 1 amide bonds. The largest absolute Gasteiger partial charge is 0.383 e. The van der Waals surface area contributed by atoms with Crippen molar-refractivity contribution in [1.82, 2.24) is 10.3 Å². The van der Waals surface area contributed by atoms with Crippen LogP contribution >= 0.6 is 11.3 Å². The molecule has 128 valence electrons. The van der Waals surface area contributed by atoms with Crippen molar-refractivity contribution in [2.75, 3.05) is 24.5 Å². The number of thiazole rings is 1. The molecule has 23 heavy (non-hydrogen) atoms. The number of anilines is 1. The van der Waals surface area contributed by atoms with Gasteiger partial charge in [-0.05, 0) is 32.1 Å². The number of nitrogens with one attached hydrogen (secondary N) is 1. The van der Waals surface area contributed by atoms with Gasteiger partial charge in [0.25, 0.3) is 5.91 Å². The lowest BCUT2D eigenvalue weighted by atomic mass is 9.75. The van der Waals surface area contributed by atoms with Gasteiger partial charge < -0.3 is 15.3 Å². The fourth-order valence-electron chi connectivity index (χ4n) is 2.92. The van der Waals surface area contributed by atoms with Gasteiger partial charge in [-0.2, -0.15) is 8.78 Å². The quantitative estimate of drug-likeness (QED) is 0.827. The minimum Gasteiger partial charge on any atom is -0.383 e. The van der Waals surface area contributed by atoms with Crippen LogP contribution in [0.1, 0.15) is 37.8 Å². The summed E-state index contributed by atoms with van der Waals surface area (Å²) >= 11 is 1.54. The molecule has 0 unspecified atom stereocenters. The number of carbonyl (C=O) groups is 1. The molecular weight excluding hydrogens is 324 g/mol. The number of amides is 1. The molecule has 0 bridgehead atoms. The van der Waals surface area contributed by atoms with E-state index in [1.165, 1.54) is 12.8 Å². The van der Waals surface area contributed by atoms with Crippen LogP contribution < -0.4 is 10.2 Å². The van der Waals surface area contributed by atoms with E-state index in [9.17, 15) is 18.7 Å². The molecule has 1 saturated heterocycles. The molecule has 0 spiro atoms. The highest BCUT2D eigenvalue weighted by Gasteiger charge is 2.60. The molecule has 1 aromatic rings. The maximum Gasteiger partial charge on any atom is 0.352 e. The van der Waals surface area contributed by atoms with E-state index in [1.807, 2.05) is 5.38 Å². The van der Waals surface area contributed by atoms with Gasteiger partial charge in [0.15, 0.2) is 5.13 Å². The Morgan fingerprint density at radius 3 is 2.70 bits per heavy atom. The van der Waals surface area contributed by atoms with Gasteiger partial charge >= 0.3 is 5.92 Å². The Kier molecular flexibility index (Phi) is 4.55. The summed E-state index contributed by atoms with van der Waals surface area (Å²) in [4.78, 5) is 18.4. The zero-order valence-corrected chi connectivity index (χ0v) is 13.7. The highest BCUT2D eigenvalue weighted by Crippen LogP contribution is 2.44. The van der Waals surface area contributed by atoms with E-state index in [4.69, 9.17) is 0 Å². The highest BCUT2D eigenvalue weighted by atomic mass is 32.1. The number of nitrogens with zero attached hydrogens (tertiary/aromatic N) is 2. The highest BCUT2D eigenvalue weighted by molar-refractivity contribution is 7.13. The number of alkyl halides is 2. The molecule has 2 N–H and O–H groups in total. The van der Waals surface area contributed by atoms with Crippen LogP contribution in [0.5, 0.6) is 0 Å². The average molecular weight is 345 g/mol. The SMILES string of the molecule is O=C(NCCc1csc(N2CCCC2)n1)C(F)(F)C1(O)CCC1. The van der Waals surface area contributed by atoms with E-state index in [1.54, 1.807) is 11.3 Å². The summed E-state index contributed by atoms with van der Waals surface area (Å²) in [6.45, 7) is 2.11. The number of carbonyl (C=O) groups excluding carboxylic acids is 1. The minimum atomic E-state index is -3.73. The van der Waals surface area contributed by atoms with Crippen molar-refractivity contribution in [1.29, 1.82) is 0 Å². The number of aromatic nitrogens is 1. The van der Waals surface area contributed by atoms with Crippen molar-refractivity contribution >= 4 is 22.4 Å². The van der Waals surface area contributed by atoms with Crippen molar-refractivity contribution in [2.45, 2.75) is 50.0 Å². The van der Waals surface area contributed by atoms with E-state index in [0.29, 0.717) is 12.8 Å². The Hall–Kier alpha value is -1.28. The Bertz CT molecular complexity index is 569. The van der Waals surface area contributed by atoms with E-state index >= 15 is 0 Å². The molecule has 2 heterocycles. The predicted molar refractivity (Wildman–Crippen MR) is 84.0 cm³/mol. The van der Waals surface area contributed by atoms with Crippen LogP contribution in [0, 0.1) is 0 Å². The first-order valence-electron chi connectivity index (χ1n) is 8.00. The lowest BCUT2D eigenvalue weighted by Crippen LogP contribution is -2.60. The maximum atomic E-state index is 13.9. The molecule has 3 rings (SSSR count). The molecule has 1 aromatic heterocycles. The number of rotatable bonds is 6. The van der Waals surface area contributed by atoms with Crippen LogP contribution in [0.2, 0.25) is 0 Å². The van der Waals surface area contributed by atoms with Crippen LogP contribution in [-0.4, -0.2) is 47.2 Å². The molecule has 1 aliphatic carbocycles. The number of halogens is 2. The van der Waals surface area contributed by atoms with Gasteiger partial charge in [-0.25, -0.2) is 4.98 Å². The summed E-state index contributed by atoms with van der Waals surface area (Å²) in [5.74, 6) is -5.12. The average Bonchev–Trinajstić information content (AvgIpc) is 3.15. The third kappa shape index (κ3) is 3.19. The Morgan fingerprint density at radius 2 is 2.09 bits per heavy atom. The first-order chi connectivity index (χ1) is 10.9. The van der Waals surface area contributed by atoms with Crippen LogP contribution in [-0.2, 0) is 11.2 Å². The number of hydrogen-bond donors (Lipinski definition) is 2. The van der Waals surface area contributed by atoms with Crippen LogP contribution in [0.3, 0.4) is 0 Å². The Balaban J connectivity index is 1.48. The van der Waals surface area contributed by atoms with E-state index < -0.39 is 17.4 Å². The number of hydrogen-bond acceptors (Lipinski definition) is 5. The third-order valence-corrected chi connectivity index (χ3v) is 5.58. The van der Waals surface area contributed by atoms with Gasteiger partial charge in [0, 0.05) is 31.4 Å². The van der Waals surface area contributed by atoms with Gasteiger partial charge in [0.2, 0.25) is 0 Å². The first-order valence-corrected chi connectivity index (χ1v) is 8.88. The van der Waals surface area contributed by atoms with Crippen molar-refractivity contribution in [3.05, 3.63) is 11.1 Å². The lowest BCUT2D eigenvalue weighted by Gasteiger charge is -2.41. The first kappa shape index (κ1) is 16.6. The van der Waals surface area contributed by atoms with Crippen molar-refractivity contribution in [3.63, 3.8) is 0 Å². The molecule has 1 aliphatic heterocycles. The normalized spacial score (nSPS) is 20.4. The minimum absolute atomic E-state index is 0.0291. The van der Waals surface area contributed by atoms with Gasteiger partial charge in [-0.15, -0.1) is 11.3 Å². The van der Waals surface area contributed by atoms with Crippen molar-refractivity contribution < 1.29 is 18.7 Å². The van der Waals surface area contributed by atoms with Crippen LogP contribution in [0.4, 0.5) is 13.9 Å². The summed E-state index contributed by atoms with van der Waals surface area (Å²) in [6.07, 6.45) is 3.21. The zero-order chi connectivity index (χ0) is 16.5. The third-order valence-electron chi connectivity index (χ3n) is 4.63. The topological polar surface area (TPSA) is 65.5 Å². The van der Waals surface area contributed by atoms with Gasteiger partial charge in [-0.3, -0.25) is 4.79 Å². The van der Waals surface area contributed by atoms with Crippen LogP contribution in [0.15, 0.2) is 5.38 Å². The molecule has 1 saturated carbocycles. The van der Waals surface area contributed by atoms with Crippen LogP contribution in [0.25, 0.3) is 0 Å². The second kappa shape index (κ2) is 6.32. The smallest absolute Gasteiger partial charge is 0.352 e. The van der Waals surface area contributed by atoms with E-state index in [-0.39, 0.29) is 19.4 Å². The molecule has 8 heteroatoms. The monoisotopic (exact) mass is 345 g/mol. The zero-order valence-electron chi connectivity index (χ0n) is 12.9. The van der Waals surface area contributed by atoms with E-state index in [0.717, 1.165) is 23.9 Å². The second-order valence-corrected chi connectivity index (χ2v) is 7.12. The summed E-state index contributed by atoms with van der Waals surface area (Å²) in [5.41, 5.74) is -1.37. The second-order valence-electron chi connectivity index (χ2n) is 6.28. The molecule has 0 radical (unpaired) electrons. The molecule has 5 nitrogen and oxygen atoms in total. The maximum absolute atomic E-state index is 13.9.